The van der Waals surface area contributed by atoms with Gasteiger partial charge in [-0.1, -0.05) is 6.08 Å². The molecule has 0 fully saturated rings. The van der Waals surface area contributed by atoms with Gasteiger partial charge in [0.25, 0.3) is 5.91 Å². The van der Waals surface area contributed by atoms with Crippen molar-refractivity contribution in [1.82, 2.24) is 25.7 Å². The highest BCUT2D eigenvalue weighted by Gasteiger charge is 2.30. The van der Waals surface area contributed by atoms with Crippen LogP contribution in [0, 0.1) is 0 Å². The lowest BCUT2D eigenvalue weighted by Gasteiger charge is -2.30. The molecule has 0 spiro atoms. The fraction of sp³-hybridized carbons (Fsp3) is 0.529. The molecule has 26 heavy (non-hydrogen) atoms. The molecule has 3 amide bonds. The standard InChI is InChI=1S/C17H25N5O4/c1-17(2,3)26-16(25)22-9-7-12-11(10-22)14(21-20-12)15(24)19-8-5-6-13(23)18-4/h5-6H,7-10H2,1-4H3,(H,18,23)(H,19,24)(H,20,21). The van der Waals surface area contributed by atoms with E-state index in [1.165, 1.54) is 13.1 Å². The minimum Gasteiger partial charge on any atom is -0.444 e. The van der Waals surface area contributed by atoms with Crippen LogP contribution in [0.5, 0.6) is 0 Å². The molecule has 9 nitrogen and oxygen atoms in total. The van der Waals surface area contributed by atoms with Crippen molar-refractivity contribution < 1.29 is 19.1 Å². The third-order valence-electron chi connectivity index (χ3n) is 3.70. The lowest BCUT2D eigenvalue weighted by atomic mass is 10.1. The summed E-state index contributed by atoms with van der Waals surface area (Å²) < 4.78 is 5.39. The van der Waals surface area contributed by atoms with E-state index in [4.69, 9.17) is 4.74 Å². The van der Waals surface area contributed by atoms with Crippen LogP contribution in [-0.4, -0.2) is 58.7 Å². The number of nitrogens with zero attached hydrogens (tertiary/aromatic N) is 2. The van der Waals surface area contributed by atoms with E-state index in [1.807, 2.05) is 20.8 Å². The Bertz CT molecular complexity index is 717. The van der Waals surface area contributed by atoms with Gasteiger partial charge in [-0.15, -0.1) is 0 Å². The van der Waals surface area contributed by atoms with Crippen molar-refractivity contribution in [2.24, 2.45) is 0 Å². The third-order valence-corrected chi connectivity index (χ3v) is 3.70. The van der Waals surface area contributed by atoms with Gasteiger partial charge in [0.1, 0.15) is 5.60 Å². The molecule has 0 unspecified atom stereocenters. The Hall–Kier alpha value is -2.84. The number of fused-ring (bicyclic) bond motifs is 1. The number of hydrogen-bond acceptors (Lipinski definition) is 5. The highest BCUT2D eigenvalue weighted by Crippen LogP contribution is 2.22. The number of nitrogens with one attached hydrogen (secondary N) is 3. The van der Waals surface area contributed by atoms with Gasteiger partial charge >= 0.3 is 6.09 Å². The lowest BCUT2D eigenvalue weighted by Crippen LogP contribution is -2.40. The molecule has 0 aromatic carbocycles. The average Bonchev–Trinajstić information content (AvgIpc) is 2.99. The quantitative estimate of drug-likeness (QED) is 0.682. The minimum absolute atomic E-state index is 0.198. The van der Waals surface area contributed by atoms with Crippen LogP contribution in [0.15, 0.2) is 12.2 Å². The van der Waals surface area contributed by atoms with E-state index in [0.717, 1.165) is 5.69 Å². The molecule has 0 bridgehead atoms. The van der Waals surface area contributed by atoms with Crippen molar-refractivity contribution in [3.05, 3.63) is 29.1 Å². The zero-order valence-electron chi connectivity index (χ0n) is 15.5. The summed E-state index contributed by atoms with van der Waals surface area (Å²) in [5, 5.41) is 12.1. The molecule has 142 valence electrons. The molecule has 1 aliphatic rings. The Morgan fingerprint density at radius 1 is 1.35 bits per heavy atom. The van der Waals surface area contributed by atoms with Gasteiger partial charge in [-0.2, -0.15) is 5.10 Å². The Morgan fingerprint density at radius 2 is 2.08 bits per heavy atom. The summed E-state index contributed by atoms with van der Waals surface area (Å²) >= 11 is 0. The van der Waals surface area contributed by atoms with Crippen LogP contribution in [0.3, 0.4) is 0 Å². The van der Waals surface area contributed by atoms with E-state index in [9.17, 15) is 14.4 Å². The topological polar surface area (TPSA) is 116 Å². The Morgan fingerprint density at radius 3 is 2.73 bits per heavy atom. The van der Waals surface area contributed by atoms with Crippen LogP contribution in [0.4, 0.5) is 4.79 Å². The van der Waals surface area contributed by atoms with Crippen molar-refractivity contribution in [3.8, 4) is 0 Å². The summed E-state index contributed by atoms with van der Waals surface area (Å²) in [6.07, 6.45) is 3.04. The first-order chi connectivity index (χ1) is 12.2. The van der Waals surface area contributed by atoms with E-state index in [1.54, 1.807) is 11.0 Å². The molecule has 0 atom stereocenters. The van der Waals surface area contributed by atoms with Crippen molar-refractivity contribution in [2.45, 2.75) is 39.3 Å². The number of rotatable bonds is 4. The van der Waals surface area contributed by atoms with Crippen molar-refractivity contribution in [1.29, 1.82) is 0 Å². The van der Waals surface area contributed by atoms with Gasteiger partial charge in [-0.05, 0) is 20.8 Å². The van der Waals surface area contributed by atoms with Gasteiger partial charge in [0, 0.05) is 43.9 Å². The number of aromatic amines is 1. The first kappa shape index (κ1) is 19.5. The number of carbonyl (C=O) groups is 3. The van der Waals surface area contributed by atoms with Crippen molar-refractivity contribution >= 4 is 17.9 Å². The predicted octanol–water partition coefficient (Wildman–Crippen LogP) is 0.735. The summed E-state index contributed by atoms with van der Waals surface area (Å²) in [6.45, 7) is 6.39. The number of ether oxygens (including phenoxy) is 1. The maximum Gasteiger partial charge on any atom is 0.410 e. The number of likely N-dealkylation sites (N-methyl/N-ethyl adjacent to an activating group) is 1. The van der Waals surface area contributed by atoms with Gasteiger partial charge in [-0.3, -0.25) is 14.7 Å². The van der Waals surface area contributed by atoms with E-state index < -0.39 is 11.7 Å². The van der Waals surface area contributed by atoms with Crippen LogP contribution < -0.4 is 10.6 Å². The average molecular weight is 363 g/mol. The molecule has 2 rings (SSSR count). The van der Waals surface area contributed by atoms with E-state index in [-0.39, 0.29) is 30.6 Å². The predicted molar refractivity (Wildman–Crippen MR) is 94.5 cm³/mol. The maximum atomic E-state index is 12.3. The van der Waals surface area contributed by atoms with Gasteiger partial charge in [-0.25, -0.2) is 4.79 Å². The Labute approximate surface area is 152 Å². The summed E-state index contributed by atoms with van der Waals surface area (Å²) in [7, 11) is 1.53. The van der Waals surface area contributed by atoms with E-state index in [0.29, 0.717) is 18.5 Å². The molecule has 2 heterocycles. The first-order valence-corrected chi connectivity index (χ1v) is 8.41. The molecule has 3 N–H and O–H groups in total. The maximum absolute atomic E-state index is 12.3. The first-order valence-electron chi connectivity index (χ1n) is 8.41. The van der Waals surface area contributed by atoms with E-state index in [2.05, 4.69) is 20.8 Å². The van der Waals surface area contributed by atoms with Crippen molar-refractivity contribution in [3.63, 3.8) is 0 Å². The highest BCUT2D eigenvalue weighted by atomic mass is 16.6. The van der Waals surface area contributed by atoms with Crippen LogP contribution >= 0.6 is 0 Å². The molecular formula is C17H25N5O4. The molecule has 0 aliphatic carbocycles. The number of hydrogen-bond donors (Lipinski definition) is 3. The summed E-state index contributed by atoms with van der Waals surface area (Å²) in [6, 6.07) is 0. The third kappa shape index (κ3) is 5.08. The molecule has 1 aromatic heterocycles. The number of carbonyl (C=O) groups excluding carboxylic acids is 3. The van der Waals surface area contributed by atoms with Crippen molar-refractivity contribution in [2.75, 3.05) is 20.1 Å². The second-order valence-corrected chi connectivity index (χ2v) is 6.91. The normalized spacial score (nSPS) is 14.1. The Balaban J connectivity index is 2.01. The van der Waals surface area contributed by atoms with Crippen LogP contribution in [0.1, 0.15) is 42.5 Å². The molecular weight excluding hydrogens is 338 g/mol. The fourth-order valence-corrected chi connectivity index (χ4v) is 2.45. The second-order valence-electron chi connectivity index (χ2n) is 6.91. The largest absolute Gasteiger partial charge is 0.444 e. The molecule has 9 heteroatoms. The fourth-order valence-electron chi connectivity index (χ4n) is 2.45. The lowest BCUT2D eigenvalue weighted by molar-refractivity contribution is -0.116. The molecule has 0 saturated heterocycles. The van der Waals surface area contributed by atoms with Gasteiger partial charge in [0.15, 0.2) is 5.69 Å². The molecule has 0 saturated carbocycles. The molecule has 1 aliphatic heterocycles. The monoisotopic (exact) mass is 363 g/mol. The molecule has 0 radical (unpaired) electrons. The number of H-pyrrole nitrogens is 1. The number of aromatic nitrogens is 2. The summed E-state index contributed by atoms with van der Waals surface area (Å²) in [5.41, 5.74) is 1.21. The van der Waals surface area contributed by atoms with Gasteiger partial charge in [0.05, 0.1) is 6.54 Å². The number of amides is 3. The second kappa shape index (κ2) is 8.03. The van der Waals surface area contributed by atoms with Gasteiger partial charge in [0.2, 0.25) is 5.91 Å². The van der Waals surface area contributed by atoms with Crippen LogP contribution in [-0.2, 0) is 22.5 Å². The van der Waals surface area contributed by atoms with Gasteiger partial charge < -0.3 is 20.3 Å². The molecule has 1 aromatic rings. The summed E-state index contributed by atoms with van der Waals surface area (Å²) in [4.78, 5) is 37.2. The smallest absolute Gasteiger partial charge is 0.410 e. The zero-order valence-corrected chi connectivity index (χ0v) is 15.5. The van der Waals surface area contributed by atoms with Crippen LogP contribution in [0.2, 0.25) is 0 Å². The minimum atomic E-state index is -0.578. The highest BCUT2D eigenvalue weighted by molar-refractivity contribution is 5.94. The Kier molecular flexibility index (Phi) is 6.01. The zero-order chi connectivity index (χ0) is 19.3. The van der Waals surface area contributed by atoms with E-state index >= 15 is 0 Å². The summed E-state index contributed by atoms with van der Waals surface area (Å²) in [5.74, 6) is -0.612. The SMILES string of the molecule is CNC(=O)C=CCNC(=O)c1n[nH]c2c1CN(C(=O)OC(C)(C)C)CC2. The van der Waals surface area contributed by atoms with Crippen LogP contribution in [0.25, 0.3) is 0 Å².